The van der Waals surface area contributed by atoms with Gasteiger partial charge < -0.3 is 0 Å². The number of thioether (sulfide) groups is 2. The van der Waals surface area contributed by atoms with Crippen molar-refractivity contribution in [2.45, 2.75) is 69.1 Å². The van der Waals surface area contributed by atoms with Crippen LogP contribution >= 0.6 is 44.0 Å². The summed E-state index contributed by atoms with van der Waals surface area (Å²) in [7, 11) is -22.3. The van der Waals surface area contributed by atoms with Gasteiger partial charge in [0.1, 0.15) is 169 Å². The lowest BCUT2D eigenvalue weighted by molar-refractivity contribution is -0.0339. The highest BCUT2D eigenvalue weighted by molar-refractivity contribution is 8.46. The third kappa shape index (κ3) is 18.4. The number of allylic oxidation sites excluding steroid dienone is 6. The molecule has 48 heteroatoms. The normalized spacial score (nSPS) is 14.2. The minimum Gasteiger partial charge on any atom is -0.238 e. The van der Waals surface area contributed by atoms with Gasteiger partial charge in [-0.25, -0.2) is 58.4 Å². The maximum atomic E-state index is 15.3. The van der Waals surface area contributed by atoms with Crippen molar-refractivity contribution in [3.05, 3.63) is 390 Å². The Hall–Kier alpha value is -19.0. The third-order valence-electron chi connectivity index (χ3n) is 22.8. The van der Waals surface area contributed by atoms with E-state index in [4.69, 9.17) is 59.1 Å². The number of halogens is 26. The summed E-state index contributed by atoms with van der Waals surface area (Å²) in [6.45, 7) is 68.6. The Kier molecular flexibility index (Phi) is 25.9. The molecule has 0 spiro atoms. The Bertz CT molecular complexity index is 8530. The van der Waals surface area contributed by atoms with Gasteiger partial charge in [-0.3, -0.25) is 0 Å². The predicted molar refractivity (Wildman–Crippen MR) is 471 cm³/mol. The molecule has 0 fully saturated rings. The summed E-state index contributed by atoms with van der Waals surface area (Å²) in [4.78, 5) is 19.0. The minimum absolute atomic E-state index is 0.00564. The van der Waals surface area contributed by atoms with E-state index in [9.17, 15) is 121 Å². The van der Waals surface area contributed by atoms with Crippen LogP contribution in [0, 0.1) is 219 Å². The molecule has 18 nitrogen and oxygen atoms in total. The first-order valence-electron chi connectivity index (χ1n) is 39.1. The molecule has 0 saturated heterocycles. The molecule has 0 aromatic heterocycles. The molecule has 0 heterocycles. The molecule has 9 aromatic rings. The van der Waals surface area contributed by atoms with Crippen LogP contribution in [0.2, 0.25) is 0 Å². The molecule has 0 aliphatic heterocycles. The molecule has 146 heavy (non-hydrogen) atoms. The van der Waals surface area contributed by atoms with Crippen molar-refractivity contribution in [1.29, 1.82) is 47.4 Å². The van der Waals surface area contributed by atoms with Gasteiger partial charge in [0, 0.05) is 51.6 Å². The van der Waals surface area contributed by atoms with E-state index in [0.29, 0.717) is 68.1 Å². The van der Waals surface area contributed by atoms with Gasteiger partial charge in [0.05, 0.1) is 62.9 Å². The van der Waals surface area contributed by atoms with E-state index in [2.05, 4.69) is 49.7 Å². The summed E-state index contributed by atoms with van der Waals surface area (Å²) in [5.41, 5.74) is -20.2. The zero-order valence-electron chi connectivity index (χ0n) is 71.0. The summed E-state index contributed by atoms with van der Waals surface area (Å²) in [5.74, 6) is -21.4. The quantitative estimate of drug-likeness (QED) is 0.0538. The highest BCUT2D eigenvalue weighted by atomic mass is 32.5. The lowest BCUT2D eigenvalue weighted by atomic mass is 9.86. The summed E-state index contributed by atoms with van der Waals surface area (Å²) in [6.07, 6.45) is -3.07. The summed E-state index contributed by atoms with van der Waals surface area (Å²) in [5, 5.41) is 87.4. The van der Waals surface area contributed by atoms with Crippen molar-refractivity contribution in [1.82, 2.24) is 0 Å². The monoisotopic (exact) mass is 2080 g/mol. The first-order valence-corrected chi connectivity index (χ1v) is 44.6. The molecule has 9 aromatic carbocycles. The second kappa shape index (κ2) is 36.3. The number of benzene rings is 9. The Balaban J connectivity index is 0.000000185. The Morgan fingerprint density at radius 2 is 0.466 bits per heavy atom. The van der Waals surface area contributed by atoms with Gasteiger partial charge in [-0.05, 0) is 231 Å². The van der Waals surface area contributed by atoms with Gasteiger partial charge in [0.2, 0.25) is 0 Å². The summed E-state index contributed by atoms with van der Waals surface area (Å²) >= 11 is -2.21. The second-order valence-corrected chi connectivity index (χ2v) is 37.5. The van der Waals surface area contributed by atoms with Gasteiger partial charge in [0.15, 0.2) is 26.9 Å². The zero-order valence-corrected chi connectivity index (χ0v) is 74.3. The molecule has 15 rings (SSSR count). The smallest absolute Gasteiger partial charge is 0.238 e. The largest absolute Gasteiger partial charge is 0.512 e. The Morgan fingerprint density at radius 1 is 0.274 bits per heavy atom. The average Bonchev–Trinajstić information content (AvgIpc) is 1.68. The van der Waals surface area contributed by atoms with E-state index < -0.39 is 270 Å². The molecule has 0 atom stereocenters. The highest BCUT2D eigenvalue weighted by Crippen LogP contribution is 3.03. The maximum Gasteiger partial charge on any atom is 0.512 e. The molecule has 6 aliphatic rings. The summed E-state index contributed by atoms with van der Waals surface area (Å²) in [6, 6.07) is 27.1. The van der Waals surface area contributed by atoms with Crippen molar-refractivity contribution in [2.75, 3.05) is 0 Å². The fourth-order valence-electron chi connectivity index (χ4n) is 17.7. The second-order valence-electron chi connectivity index (χ2n) is 30.7. The number of alkyl halides is 6. The number of nitrogens with zero attached hydrogens (tertiary/aromatic N) is 18. The first-order chi connectivity index (χ1) is 68.3. The van der Waals surface area contributed by atoms with E-state index in [-0.39, 0.29) is 115 Å². The van der Waals surface area contributed by atoms with E-state index >= 15 is 35.1 Å². The van der Waals surface area contributed by atoms with Crippen molar-refractivity contribution in [3.8, 4) is 121 Å². The molecule has 0 amide bonds. The van der Waals surface area contributed by atoms with E-state index in [0.717, 1.165) is 0 Å². The molecule has 0 N–H and O–H groups in total. The van der Waals surface area contributed by atoms with Crippen LogP contribution < -0.4 is 31.3 Å². The fourth-order valence-corrected chi connectivity index (χ4v) is 20.5. The summed E-state index contributed by atoms with van der Waals surface area (Å²) < 4.78 is 365. The van der Waals surface area contributed by atoms with Gasteiger partial charge in [-0.1, -0.05) is 63.1 Å². The maximum absolute atomic E-state index is 15.3. The lowest BCUT2D eigenvalue weighted by Crippen LogP contribution is -2.25. The Morgan fingerprint density at radius 3 is 0.658 bits per heavy atom. The standard InChI is InChI=1S/C34H8F10N6S2.C32H8F14N6S2.C32H12F2N6/c1-48-29-19(32(49-2)50-3)9-18-25(13-4-21(35)30(22(36)5-13)51-33(39,40)41)27-17(8-16(20(27)12-47)15(10-45)11-46)26(28(18)29)14-6-23(37)31(24(38)7-14)52-34(42,43)44;1-50-29-19(32(51-2)52-3)9-18-25(13-4-21(33)30(22(34)5-13)53(37,38,39,40)41)27-17(8-16(20(27)12-49)15(10-47)11-48)26(28(18)29)14-6-23(35)31(24(36)7-14)54(42,43,44,45)46;1-38-31-25(32(39-2)40-3)13-24-27(17-4-8-20(33)9-5-17)29-23(12-22(26(29)16-37)19(14-35)15-36)28(30(24)31)18-6-10-21(34)11-7-18/h4-7H,8-9H2;4-7H,8-9H2;4-11H,12-13H2. The number of hydrogen-bond donors (Lipinski definition) is 0. The molecular formula is C98H28F26N18S4. The molecule has 0 bridgehead atoms. The number of rotatable bonds is 10. The van der Waals surface area contributed by atoms with Crippen LogP contribution in [0.15, 0.2) is 184 Å². The van der Waals surface area contributed by atoms with Crippen molar-refractivity contribution >= 4 is 77.8 Å². The SMILES string of the molecule is [C-]#[N+]C([N+]#[C-])=C1Cc2c(-c3cc(F)c(S(F)(F)(F)(F)F)c(F)c3)c3c(c(-c4cc(F)c(S(F)(F)(F)(F)F)c(F)c4)c2=C1[N+]#[C-])CC(=C(C#N)C#N)C=3C#N.[C-]#[N+]C([N+]#[C-])=C1Cc2c(-c3cc(F)c(SC(F)(F)F)c(F)c3)c3c(c(-c4cc(F)c(SC(F)(F)F)c(F)c4)c2=C1[N+]#[C-])CC(=C(C#N)C#N)C=3C#N.[C-]#[N+]C([N+]#[C-])=C1Cc2c(-c3ccc(F)cc3)c3c(c(-c4ccc(F)cc4)c2=C1[N+]#[C-])CC(=C(C#N)C#N)C=3C#N. The van der Waals surface area contributed by atoms with Gasteiger partial charge in [-0.2, -0.15) is 103 Å². The zero-order chi connectivity index (χ0) is 108. The Labute approximate surface area is 810 Å². The molecule has 6 aliphatic carbocycles. The van der Waals surface area contributed by atoms with Crippen molar-refractivity contribution < 1.29 is 109 Å². The van der Waals surface area contributed by atoms with Crippen LogP contribution in [0.3, 0.4) is 0 Å². The molecular weight excluding hydrogens is 2050 g/mol. The van der Waals surface area contributed by atoms with Gasteiger partial charge in [0.25, 0.3) is 0 Å². The van der Waals surface area contributed by atoms with Gasteiger partial charge >= 0.3 is 48.9 Å². The number of fused-ring (bicyclic) bond motifs is 6. The van der Waals surface area contributed by atoms with Crippen LogP contribution in [0.25, 0.3) is 144 Å². The first kappa shape index (κ1) is 104. The molecule has 0 unspecified atom stereocenters. The van der Waals surface area contributed by atoms with E-state index in [1.165, 1.54) is 66.7 Å². The van der Waals surface area contributed by atoms with Crippen LogP contribution in [-0.2, 0) is 38.5 Å². The average molecular weight is 2080 g/mol. The minimum atomic E-state index is -11.1. The number of nitriles is 9. The van der Waals surface area contributed by atoms with E-state index in [1.807, 2.05) is 12.1 Å². The third-order valence-corrected chi connectivity index (χ3v) is 26.8. The molecule has 0 saturated carbocycles. The molecule has 0 radical (unpaired) electrons. The predicted octanol–water partition coefficient (Wildman–Crippen LogP) is 25.6. The highest BCUT2D eigenvalue weighted by Gasteiger charge is 2.70. The van der Waals surface area contributed by atoms with Gasteiger partial charge in [-0.15, -0.1) is 0 Å². The topological polar surface area (TPSA) is 253 Å². The van der Waals surface area contributed by atoms with Crippen LogP contribution in [-0.4, -0.2) is 11.0 Å². The molecule has 716 valence electrons. The number of hydrogen-bond acceptors (Lipinski definition) is 11. The van der Waals surface area contributed by atoms with Crippen LogP contribution in [0.5, 0.6) is 0 Å². The lowest BCUT2D eigenvalue weighted by Gasteiger charge is -2.40. The van der Waals surface area contributed by atoms with Crippen LogP contribution in [0.1, 0.15) is 33.4 Å². The van der Waals surface area contributed by atoms with Crippen molar-refractivity contribution in [2.24, 2.45) is 0 Å². The van der Waals surface area contributed by atoms with E-state index in [1.54, 1.807) is 18.2 Å². The van der Waals surface area contributed by atoms with Crippen LogP contribution in [0.4, 0.5) is 109 Å². The fraction of sp³-hybridized carbons (Fsp3) is 0.0816. The van der Waals surface area contributed by atoms with Crippen molar-refractivity contribution in [3.63, 3.8) is 0 Å².